The Labute approximate surface area is 215 Å². The average molecular weight is 498 g/mol. The lowest BCUT2D eigenvalue weighted by Crippen LogP contribution is -2.30. The summed E-state index contributed by atoms with van der Waals surface area (Å²) in [5.74, 6) is -0.359. The van der Waals surface area contributed by atoms with Gasteiger partial charge in [-0.2, -0.15) is 0 Å². The highest BCUT2D eigenvalue weighted by molar-refractivity contribution is 7.80. The SMILES string of the molecule is COC(=O)c1ccc(-n2cccc2[C@@H]2[C@H](c3ccccn3)NC(=S)N2c2ccc(N(C)C)cc2)cc1. The number of esters is 1. The van der Waals surface area contributed by atoms with Gasteiger partial charge in [-0.1, -0.05) is 6.07 Å². The second-order valence-corrected chi connectivity index (χ2v) is 9.14. The van der Waals surface area contributed by atoms with Crippen LogP contribution in [-0.2, 0) is 4.74 Å². The molecule has 182 valence electrons. The number of nitrogens with one attached hydrogen (secondary N) is 1. The molecule has 5 rings (SSSR count). The number of pyridine rings is 1. The molecular formula is C28H27N5O2S. The Hall–Kier alpha value is -4.17. The Kier molecular flexibility index (Phi) is 6.43. The molecule has 2 atom stereocenters. The van der Waals surface area contributed by atoms with Gasteiger partial charge >= 0.3 is 5.97 Å². The first-order valence-electron chi connectivity index (χ1n) is 11.6. The van der Waals surface area contributed by atoms with Crippen molar-refractivity contribution in [2.75, 3.05) is 31.0 Å². The maximum absolute atomic E-state index is 11.9. The van der Waals surface area contributed by atoms with E-state index in [-0.39, 0.29) is 18.1 Å². The first-order chi connectivity index (χ1) is 17.5. The number of methoxy groups -OCH3 is 1. The van der Waals surface area contributed by atoms with Crippen LogP contribution in [0.1, 0.15) is 33.8 Å². The van der Waals surface area contributed by atoms with Crippen molar-refractivity contribution in [1.29, 1.82) is 0 Å². The number of benzene rings is 2. The molecule has 2 aromatic heterocycles. The number of anilines is 2. The number of hydrogen-bond donors (Lipinski definition) is 1. The molecule has 1 saturated heterocycles. The molecule has 36 heavy (non-hydrogen) atoms. The first kappa shape index (κ1) is 23.6. The predicted octanol–water partition coefficient (Wildman–Crippen LogP) is 4.90. The molecular weight excluding hydrogens is 470 g/mol. The van der Waals surface area contributed by atoms with Gasteiger partial charge in [0, 0.05) is 49.2 Å². The number of rotatable bonds is 6. The van der Waals surface area contributed by atoms with Gasteiger partial charge in [0.15, 0.2) is 5.11 Å². The number of carbonyl (C=O) groups excluding carboxylic acids is 1. The van der Waals surface area contributed by atoms with Crippen molar-refractivity contribution in [3.8, 4) is 5.69 Å². The molecule has 7 nitrogen and oxygen atoms in total. The third-order valence-corrected chi connectivity index (χ3v) is 6.71. The number of hydrogen-bond acceptors (Lipinski definition) is 5. The Balaban J connectivity index is 1.60. The first-order valence-corrected chi connectivity index (χ1v) is 12.0. The van der Waals surface area contributed by atoms with E-state index in [4.69, 9.17) is 17.0 Å². The van der Waals surface area contributed by atoms with Crippen LogP contribution >= 0.6 is 12.2 Å². The van der Waals surface area contributed by atoms with E-state index in [1.807, 2.05) is 56.7 Å². The molecule has 1 N–H and O–H groups in total. The molecule has 0 saturated carbocycles. The van der Waals surface area contributed by atoms with Crippen LogP contribution in [0.25, 0.3) is 5.69 Å². The van der Waals surface area contributed by atoms with Crippen molar-refractivity contribution in [3.05, 3.63) is 108 Å². The van der Waals surface area contributed by atoms with Gasteiger partial charge in [-0.15, -0.1) is 0 Å². The quantitative estimate of drug-likeness (QED) is 0.300. The molecule has 0 spiro atoms. The average Bonchev–Trinajstić information content (AvgIpc) is 3.53. The van der Waals surface area contributed by atoms with Gasteiger partial charge in [-0.3, -0.25) is 4.98 Å². The topological polar surface area (TPSA) is 62.6 Å². The maximum Gasteiger partial charge on any atom is 0.337 e. The van der Waals surface area contributed by atoms with Crippen molar-refractivity contribution in [2.24, 2.45) is 0 Å². The second kappa shape index (κ2) is 9.83. The Morgan fingerprint density at radius 2 is 1.69 bits per heavy atom. The molecule has 0 unspecified atom stereocenters. The van der Waals surface area contributed by atoms with Crippen LogP contribution in [0.4, 0.5) is 11.4 Å². The molecule has 2 aromatic carbocycles. The van der Waals surface area contributed by atoms with Gasteiger partial charge in [-0.25, -0.2) is 4.79 Å². The molecule has 4 aromatic rings. The van der Waals surface area contributed by atoms with Crippen LogP contribution < -0.4 is 15.1 Å². The lowest BCUT2D eigenvalue weighted by Gasteiger charge is -2.29. The summed E-state index contributed by atoms with van der Waals surface area (Å²) in [4.78, 5) is 20.8. The van der Waals surface area contributed by atoms with Crippen molar-refractivity contribution in [2.45, 2.75) is 12.1 Å². The monoisotopic (exact) mass is 497 g/mol. The number of nitrogens with zero attached hydrogens (tertiary/aromatic N) is 4. The predicted molar refractivity (Wildman–Crippen MR) is 146 cm³/mol. The molecule has 0 bridgehead atoms. The Morgan fingerprint density at radius 3 is 2.33 bits per heavy atom. The molecule has 0 amide bonds. The standard InChI is InChI=1S/C28H27N5O2S/c1-31(2)20-13-15-22(16-14-20)33-26(25(30-28(33)36)23-7-4-5-17-29-23)24-8-6-18-32(24)21-11-9-19(10-12-21)27(34)35-3/h4-18,25-26H,1-3H3,(H,30,36)/t25-,26+/m0/s1. The number of carbonyl (C=O) groups is 1. The highest BCUT2D eigenvalue weighted by atomic mass is 32.1. The van der Waals surface area contributed by atoms with Gasteiger partial charge in [0.2, 0.25) is 0 Å². The Morgan fingerprint density at radius 1 is 0.972 bits per heavy atom. The van der Waals surface area contributed by atoms with E-state index >= 15 is 0 Å². The zero-order chi connectivity index (χ0) is 25.2. The van der Waals surface area contributed by atoms with E-state index < -0.39 is 0 Å². The molecule has 8 heteroatoms. The molecule has 1 aliphatic heterocycles. The van der Waals surface area contributed by atoms with Crippen LogP contribution in [0.15, 0.2) is 91.3 Å². The number of thiocarbonyl (C=S) groups is 1. The van der Waals surface area contributed by atoms with Gasteiger partial charge in [0.05, 0.1) is 24.4 Å². The van der Waals surface area contributed by atoms with E-state index in [9.17, 15) is 4.79 Å². The summed E-state index contributed by atoms with van der Waals surface area (Å²) in [6.45, 7) is 0. The minimum Gasteiger partial charge on any atom is -0.465 e. The minimum absolute atomic E-state index is 0.157. The lowest BCUT2D eigenvalue weighted by molar-refractivity contribution is 0.0600. The summed E-state index contributed by atoms with van der Waals surface area (Å²) < 4.78 is 6.97. The molecule has 1 fully saturated rings. The summed E-state index contributed by atoms with van der Waals surface area (Å²) in [6.07, 6.45) is 3.82. The third kappa shape index (κ3) is 4.31. The highest BCUT2D eigenvalue weighted by Gasteiger charge is 2.42. The molecule has 0 radical (unpaired) electrons. The van der Waals surface area contributed by atoms with Crippen LogP contribution in [0.5, 0.6) is 0 Å². The zero-order valence-electron chi connectivity index (χ0n) is 20.3. The normalized spacial score (nSPS) is 17.1. The van der Waals surface area contributed by atoms with Crippen LogP contribution in [-0.4, -0.2) is 41.8 Å². The number of aromatic nitrogens is 2. The Bertz CT molecular complexity index is 1370. The van der Waals surface area contributed by atoms with Crippen LogP contribution in [0, 0.1) is 0 Å². The highest BCUT2D eigenvalue weighted by Crippen LogP contribution is 2.42. The second-order valence-electron chi connectivity index (χ2n) is 8.75. The fourth-order valence-corrected chi connectivity index (χ4v) is 4.94. The number of ether oxygens (including phenoxy) is 1. The third-order valence-electron chi connectivity index (χ3n) is 6.39. The molecule has 0 aliphatic carbocycles. The van der Waals surface area contributed by atoms with Crippen LogP contribution in [0.3, 0.4) is 0 Å². The van der Waals surface area contributed by atoms with Crippen molar-refractivity contribution in [1.82, 2.24) is 14.9 Å². The van der Waals surface area contributed by atoms with Crippen molar-refractivity contribution in [3.63, 3.8) is 0 Å². The van der Waals surface area contributed by atoms with Gasteiger partial charge in [-0.05, 0) is 85.0 Å². The molecule has 3 heterocycles. The fourth-order valence-electron chi connectivity index (χ4n) is 4.59. The van der Waals surface area contributed by atoms with Gasteiger partial charge in [0.25, 0.3) is 0 Å². The van der Waals surface area contributed by atoms with E-state index in [0.717, 1.165) is 28.5 Å². The summed E-state index contributed by atoms with van der Waals surface area (Å²) in [5.41, 5.74) is 5.50. The minimum atomic E-state index is -0.359. The van der Waals surface area contributed by atoms with Gasteiger partial charge in [0.1, 0.15) is 6.04 Å². The fraction of sp³-hybridized carbons (Fsp3) is 0.179. The van der Waals surface area contributed by atoms with Gasteiger partial charge < -0.3 is 24.4 Å². The smallest absolute Gasteiger partial charge is 0.337 e. The largest absolute Gasteiger partial charge is 0.465 e. The summed E-state index contributed by atoms with van der Waals surface area (Å²) >= 11 is 5.87. The van der Waals surface area contributed by atoms with E-state index in [0.29, 0.717) is 10.7 Å². The maximum atomic E-state index is 11.9. The van der Waals surface area contributed by atoms with E-state index in [1.165, 1.54) is 7.11 Å². The summed E-state index contributed by atoms with van der Waals surface area (Å²) in [6, 6.07) is 25.5. The van der Waals surface area contributed by atoms with Crippen molar-refractivity contribution >= 4 is 34.7 Å². The summed E-state index contributed by atoms with van der Waals surface area (Å²) in [7, 11) is 5.43. The van der Waals surface area contributed by atoms with Crippen molar-refractivity contribution < 1.29 is 9.53 Å². The lowest BCUT2D eigenvalue weighted by atomic mass is 10.0. The summed E-state index contributed by atoms with van der Waals surface area (Å²) in [5, 5.41) is 4.16. The zero-order valence-corrected chi connectivity index (χ0v) is 21.1. The van der Waals surface area contributed by atoms with E-state index in [2.05, 4.69) is 55.0 Å². The molecule has 1 aliphatic rings. The van der Waals surface area contributed by atoms with E-state index in [1.54, 1.807) is 18.3 Å². The van der Waals surface area contributed by atoms with Crippen LogP contribution in [0.2, 0.25) is 0 Å².